The van der Waals surface area contributed by atoms with E-state index < -0.39 is 0 Å². The van der Waals surface area contributed by atoms with Crippen LogP contribution in [0.15, 0.2) is 11.3 Å². The lowest BCUT2D eigenvalue weighted by Crippen LogP contribution is -2.32. The van der Waals surface area contributed by atoms with Crippen molar-refractivity contribution in [2.45, 2.75) is 26.3 Å². The Hall–Kier alpha value is -1.59. The van der Waals surface area contributed by atoms with Crippen LogP contribution in [0.2, 0.25) is 0 Å². The molecule has 0 aliphatic rings. The van der Waals surface area contributed by atoms with Crippen LogP contribution >= 0.6 is 0 Å². The second kappa shape index (κ2) is 6.00. The maximum atomic E-state index is 5.66. The van der Waals surface area contributed by atoms with Crippen LogP contribution in [-0.2, 0) is 13.6 Å². The fraction of sp³-hybridized carbons (Fsp3) is 0.667. The highest BCUT2D eigenvalue weighted by Gasteiger charge is 1.98. The molecule has 1 aromatic rings. The third-order valence-electron chi connectivity index (χ3n) is 2.03. The van der Waals surface area contributed by atoms with Gasteiger partial charge in [0.25, 0.3) is 0 Å². The summed E-state index contributed by atoms with van der Waals surface area (Å²) in [4.78, 5) is 8.20. The highest BCUT2D eigenvalue weighted by Crippen LogP contribution is 1.92. The highest BCUT2D eigenvalue weighted by molar-refractivity contribution is 5.77. The van der Waals surface area contributed by atoms with E-state index in [1.807, 2.05) is 7.05 Å². The van der Waals surface area contributed by atoms with E-state index in [2.05, 4.69) is 27.3 Å². The Morgan fingerprint density at radius 2 is 2.47 bits per heavy atom. The van der Waals surface area contributed by atoms with Crippen LogP contribution in [-0.4, -0.2) is 27.3 Å². The lowest BCUT2D eigenvalue weighted by Gasteiger charge is -2.03. The van der Waals surface area contributed by atoms with Gasteiger partial charge in [0.2, 0.25) is 0 Å². The molecule has 0 radical (unpaired) electrons. The predicted octanol–water partition coefficient (Wildman–Crippen LogP) is 0.0195. The van der Waals surface area contributed by atoms with Crippen molar-refractivity contribution < 1.29 is 0 Å². The number of nitrogens with two attached hydrogens (primary N) is 1. The number of nitrogens with zero attached hydrogens (tertiary/aromatic N) is 4. The van der Waals surface area contributed by atoms with E-state index in [1.165, 1.54) is 6.33 Å². The van der Waals surface area contributed by atoms with Crippen molar-refractivity contribution in [3.05, 3.63) is 12.2 Å². The van der Waals surface area contributed by atoms with E-state index in [-0.39, 0.29) is 0 Å². The summed E-state index contributed by atoms with van der Waals surface area (Å²) in [6.45, 7) is 3.46. The molecule has 0 atom stereocenters. The SMILES string of the molecule is CCCCNC(N)=NCc1ncnn1C. The summed E-state index contributed by atoms with van der Waals surface area (Å²) in [6, 6.07) is 0. The van der Waals surface area contributed by atoms with Gasteiger partial charge in [-0.1, -0.05) is 13.3 Å². The van der Waals surface area contributed by atoms with Crippen molar-refractivity contribution in [3.63, 3.8) is 0 Å². The van der Waals surface area contributed by atoms with E-state index in [4.69, 9.17) is 5.73 Å². The molecule has 84 valence electrons. The Balaban J connectivity index is 2.34. The second-order valence-electron chi connectivity index (χ2n) is 3.28. The van der Waals surface area contributed by atoms with Crippen LogP contribution < -0.4 is 11.1 Å². The molecule has 0 aliphatic carbocycles. The first-order chi connectivity index (χ1) is 7.24. The molecule has 0 saturated carbocycles. The molecule has 6 nitrogen and oxygen atoms in total. The number of hydrogen-bond donors (Lipinski definition) is 2. The molecule has 0 amide bonds. The Labute approximate surface area is 89.6 Å². The molecule has 0 unspecified atom stereocenters. The van der Waals surface area contributed by atoms with E-state index in [0.29, 0.717) is 12.5 Å². The molecule has 0 spiro atoms. The first kappa shape index (κ1) is 11.5. The Kier molecular flexibility index (Phi) is 4.59. The molecular formula is C9H18N6. The van der Waals surface area contributed by atoms with Crippen molar-refractivity contribution >= 4 is 5.96 Å². The third kappa shape index (κ3) is 3.97. The van der Waals surface area contributed by atoms with Gasteiger partial charge in [-0.15, -0.1) is 0 Å². The molecule has 1 heterocycles. The first-order valence-electron chi connectivity index (χ1n) is 5.10. The highest BCUT2D eigenvalue weighted by atomic mass is 15.3. The van der Waals surface area contributed by atoms with Gasteiger partial charge in [0, 0.05) is 13.6 Å². The lowest BCUT2D eigenvalue weighted by molar-refractivity contribution is 0.698. The van der Waals surface area contributed by atoms with Gasteiger partial charge >= 0.3 is 0 Å². The number of nitrogens with one attached hydrogen (secondary N) is 1. The number of rotatable bonds is 5. The number of unbranched alkanes of at least 4 members (excludes halogenated alkanes) is 1. The number of guanidine groups is 1. The van der Waals surface area contributed by atoms with E-state index >= 15 is 0 Å². The monoisotopic (exact) mass is 210 g/mol. The Morgan fingerprint density at radius 1 is 1.67 bits per heavy atom. The number of aromatic nitrogens is 3. The molecule has 0 aromatic carbocycles. The predicted molar refractivity (Wildman–Crippen MR) is 59.2 cm³/mol. The number of aliphatic imine (C=N–C) groups is 1. The van der Waals surface area contributed by atoms with Gasteiger partial charge in [-0.3, -0.25) is 4.68 Å². The van der Waals surface area contributed by atoms with E-state index in [1.54, 1.807) is 4.68 Å². The second-order valence-corrected chi connectivity index (χ2v) is 3.28. The fourth-order valence-corrected chi connectivity index (χ4v) is 1.07. The van der Waals surface area contributed by atoms with Crippen molar-refractivity contribution in [2.24, 2.45) is 17.8 Å². The number of aryl methyl sites for hydroxylation is 1. The summed E-state index contributed by atoms with van der Waals surface area (Å²) in [5, 5.41) is 6.98. The van der Waals surface area contributed by atoms with Crippen molar-refractivity contribution in [2.75, 3.05) is 6.54 Å². The van der Waals surface area contributed by atoms with Gasteiger partial charge in [-0.05, 0) is 6.42 Å². The lowest BCUT2D eigenvalue weighted by atomic mass is 10.3. The van der Waals surface area contributed by atoms with Crippen LogP contribution in [0.4, 0.5) is 0 Å². The van der Waals surface area contributed by atoms with Gasteiger partial charge in [0.15, 0.2) is 5.96 Å². The molecule has 0 bridgehead atoms. The molecule has 0 aliphatic heterocycles. The molecule has 15 heavy (non-hydrogen) atoms. The van der Waals surface area contributed by atoms with Crippen molar-refractivity contribution in [1.82, 2.24) is 20.1 Å². The fourth-order valence-electron chi connectivity index (χ4n) is 1.07. The average Bonchev–Trinajstić information content (AvgIpc) is 2.61. The van der Waals surface area contributed by atoms with Crippen LogP contribution in [0.5, 0.6) is 0 Å². The summed E-state index contributed by atoms with van der Waals surface area (Å²) in [5.41, 5.74) is 5.66. The average molecular weight is 210 g/mol. The van der Waals surface area contributed by atoms with E-state index in [0.717, 1.165) is 25.2 Å². The zero-order chi connectivity index (χ0) is 11.1. The van der Waals surface area contributed by atoms with Gasteiger partial charge in [-0.2, -0.15) is 5.10 Å². The zero-order valence-electron chi connectivity index (χ0n) is 9.27. The maximum Gasteiger partial charge on any atom is 0.189 e. The van der Waals surface area contributed by atoms with Crippen molar-refractivity contribution in [3.8, 4) is 0 Å². The smallest absolute Gasteiger partial charge is 0.189 e. The molecule has 0 fully saturated rings. The summed E-state index contributed by atoms with van der Waals surface area (Å²) >= 11 is 0. The van der Waals surface area contributed by atoms with Crippen LogP contribution in [0.1, 0.15) is 25.6 Å². The minimum atomic E-state index is 0.460. The van der Waals surface area contributed by atoms with Gasteiger partial charge < -0.3 is 11.1 Å². The van der Waals surface area contributed by atoms with Crippen LogP contribution in [0.25, 0.3) is 0 Å². The molecule has 1 rings (SSSR count). The van der Waals surface area contributed by atoms with Crippen molar-refractivity contribution in [1.29, 1.82) is 0 Å². The summed E-state index contributed by atoms with van der Waals surface area (Å²) in [5.74, 6) is 1.27. The minimum absolute atomic E-state index is 0.460. The summed E-state index contributed by atoms with van der Waals surface area (Å²) in [7, 11) is 1.83. The molecule has 0 saturated heterocycles. The standard InChI is InChI=1S/C9H18N6/c1-3-4-5-11-9(10)12-6-8-13-7-14-15(8)2/h7H,3-6H2,1-2H3,(H3,10,11,12). The number of hydrogen-bond acceptors (Lipinski definition) is 3. The van der Waals surface area contributed by atoms with Crippen LogP contribution in [0, 0.1) is 0 Å². The Morgan fingerprint density at radius 3 is 3.07 bits per heavy atom. The van der Waals surface area contributed by atoms with Crippen LogP contribution in [0.3, 0.4) is 0 Å². The quantitative estimate of drug-likeness (QED) is 0.408. The molecular weight excluding hydrogens is 192 g/mol. The topological polar surface area (TPSA) is 81.1 Å². The largest absolute Gasteiger partial charge is 0.370 e. The Bertz CT molecular complexity index is 316. The summed E-state index contributed by atoms with van der Waals surface area (Å²) < 4.78 is 1.68. The molecule has 3 N–H and O–H groups in total. The normalized spacial score (nSPS) is 11.7. The molecule has 6 heteroatoms. The van der Waals surface area contributed by atoms with Gasteiger partial charge in [0.1, 0.15) is 18.7 Å². The third-order valence-corrected chi connectivity index (χ3v) is 2.03. The maximum absolute atomic E-state index is 5.66. The zero-order valence-corrected chi connectivity index (χ0v) is 9.27. The molecule has 1 aromatic heterocycles. The van der Waals surface area contributed by atoms with E-state index in [9.17, 15) is 0 Å². The van der Waals surface area contributed by atoms with Gasteiger partial charge in [0.05, 0.1) is 0 Å². The first-order valence-corrected chi connectivity index (χ1v) is 5.10. The summed E-state index contributed by atoms with van der Waals surface area (Å²) in [6.07, 6.45) is 3.75. The minimum Gasteiger partial charge on any atom is -0.370 e. The van der Waals surface area contributed by atoms with Gasteiger partial charge in [-0.25, -0.2) is 9.98 Å².